The van der Waals surface area contributed by atoms with Crippen molar-refractivity contribution in [3.8, 4) is 5.75 Å². The highest BCUT2D eigenvalue weighted by Gasteiger charge is 2.11. The van der Waals surface area contributed by atoms with Gasteiger partial charge in [0.25, 0.3) is 0 Å². The molecule has 0 spiro atoms. The molecule has 0 saturated carbocycles. The number of anilines is 1. The predicted octanol–water partition coefficient (Wildman–Crippen LogP) is 2.90. The summed E-state index contributed by atoms with van der Waals surface area (Å²) in [6.45, 7) is 3.93. The molecule has 0 aliphatic heterocycles. The second kappa shape index (κ2) is 3.38. The zero-order chi connectivity index (χ0) is 11.2. The summed E-state index contributed by atoms with van der Waals surface area (Å²) in [5.74, 6) is 0.110. The molecule has 1 aromatic carbocycles. The topological polar surface area (TPSA) is 59.1 Å². The maximum absolute atomic E-state index is 9.82. The van der Waals surface area contributed by atoms with Gasteiger partial charge in [0.05, 0.1) is 17.4 Å². The minimum atomic E-state index is 0.110. The highest BCUT2D eigenvalue weighted by Crippen LogP contribution is 2.35. The van der Waals surface area contributed by atoms with Crippen LogP contribution in [0.2, 0.25) is 0 Å². The number of aromatic nitrogens is 1. The molecule has 0 radical (unpaired) electrons. The van der Waals surface area contributed by atoms with E-state index in [4.69, 9.17) is 5.73 Å². The van der Waals surface area contributed by atoms with Gasteiger partial charge in [-0.3, -0.25) is 4.98 Å². The molecule has 1 heterocycles. The number of nitrogen functional groups attached to an aromatic ring is 1. The molecule has 2 rings (SSSR count). The number of pyridine rings is 1. The van der Waals surface area contributed by atoms with Gasteiger partial charge in [0.2, 0.25) is 0 Å². The molecule has 15 heavy (non-hydrogen) atoms. The fraction of sp³-hybridized carbons (Fsp3) is 0.182. The molecule has 0 unspecified atom stereocenters. The Bertz CT molecular complexity index is 552. The number of rotatable bonds is 0. The largest absolute Gasteiger partial charge is 0.505 e. The van der Waals surface area contributed by atoms with E-state index in [1.807, 2.05) is 19.9 Å². The van der Waals surface area contributed by atoms with Gasteiger partial charge in [0.1, 0.15) is 5.75 Å². The van der Waals surface area contributed by atoms with Crippen molar-refractivity contribution in [3.05, 3.63) is 27.9 Å². The standard InChI is InChI=1S/C11H11BrN2O/c1-5-3-7-10(6(2)9(5)12)14-4-8(13)11(7)15/h3-4H,13H2,1-2H3,(H,14,15). The summed E-state index contributed by atoms with van der Waals surface area (Å²) in [5.41, 5.74) is 8.76. The Labute approximate surface area is 96.1 Å². The number of halogens is 1. The van der Waals surface area contributed by atoms with Crippen LogP contribution in [-0.4, -0.2) is 10.1 Å². The van der Waals surface area contributed by atoms with Crippen LogP contribution in [0.3, 0.4) is 0 Å². The lowest BCUT2D eigenvalue weighted by Crippen LogP contribution is -1.93. The third kappa shape index (κ3) is 1.45. The van der Waals surface area contributed by atoms with Crippen molar-refractivity contribution in [2.75, 3.05) is 5.73 Å². The van der Waals surface area contributed by atoms with Gasteiger partial charge in [-0.05, 0) is 31.0 Å². The van der Waals surface area contributed by atoms with Crippen LogP contribution < -0.4 is 5.73 Å². The SMILES string of the molecule is Cc1cc2c(O)c(N)cnc2c(C)c1Br. The van der Waals surface area contributed by atoms with Crippen molar-refractivity contribution in [1.82, 2.24) is 4.98 Å². The van der Waals surface area contributed by atoms with Crippen molar-refractivity contribution in [3.63, 3.8) is 0 Å². The van der Waals surface area contributed by atoms with Crippen molar-refractivity contribution in [1.29, 1.82) is 0 Å². The lowest BCUT2D eigenvalue weighted by Gasteiger charge is -2.09. The molecule has 0 aliphatic carbocycles. The summed E-state index contributed by atoms with van der Waals surface area (Å²) in [7, 11) is 0. The molecular formula is C11H11BrN2O. The Balaban J connectivity index is 2.98. The predicted molar refractivity (Wildman–Crippen MR) is 65.0 cm³/mol. The van der Waals surface area contributed by atoms with Crippen LogP contribution in [0.4, 0.5) is 5.69 Å². The van der Waals surface area contributed by atoms with Crippen LogP contribution in [0.15, 0.2) is 16.7 Å². The number of fused-ring (bicyclic) bond motifs is 1. The zero-order valence-electron chi connectivity index (χ0n) is 8.50. The van der Waals surface area contributed by atoms with Crippen molar-refractivity contribution >= 4 is 32.5 Å². The van der Waals surface area contributed by atoms with Gasteiger partial charge >= 0.3 is 0 Å². The molecule has 0 amide bonds. The van der Waals surface area contributed by atoms with E-state index in [9.17, 15) is 5.11 Å². The van der Waals surface area contributed by atoms with E-state index >= 15 is 0 Å². The summed E-state index contributed by atoms with van der Waals surface area (Å²) in [5, 5.41) is 10.5. The number of aromatic hydroxyl groups is 1. The average Bonchev–Trinajstić information content (AvgIpc) is 2.21. The molecule has 3 N–H and O–H groups in total. The highest BCUT2D eigenvalue weighted by molar-refractivity contribution is 9.10. The minimum absolute atomic E-state index is 0.110. The van der Waals surface area contributed by atoms with Crippen LogP contribution in [0.1, 0.15) is 11.1 Å². The molecule has 3 nitrogen and oxygen atoms in total. The van der Waals surface area contributed by atoms with Crippen LogP contribution in [0.5, 0.6) is 5.75 Å². The highest BCUT2D eigenvalue weighted by atomic mass is 79.9. The Kier molecular flexibility index (Phi) is 2.31. The molecule has 0 aliphatic rings. The van der Waals surface area contributed by atoms with Crippen LogP contribution in [0, 0.1) is 13.8 Å². The van der Waals surface area contributed by atoms with E-state index < -0.39 is 0 Å². The fourth-order valence-corrected chi connectivity index (χ4v) is 1.95. The third-order valence-electron chi connectivity index (χ3n) is 2.51. The van der Waals surface area contributed by atoms with Gasteiger partial charge in [-0.2, -0.15) is 0 Å². The molecule has 78 valence electrons. The molecule has 0 bridgehead atoms. The van der Waals surface area contributed by atoms with Gasteiger partial charge in [0.15, 0.2) is 0 Å². The van der Waals surface area contributed by atoms with Crippen LogP contribution >= 0.6 is 15.9 Å². The Morgan fingerprint density at radius 2 is 2.07 bits per heavy atom. The average molecular weight is 267 g/mol. The lowest BCUT2D eigenvalue weighted by molar-refractivity contribution is 0.484. The van der Waals surface area contributed by atoms with E-state index in [-0.39, 0.29) is 5.75 Å². The Hall–Kier alpha value is -1.29. The van der Waals surface area contributed by atoms with Gasteiger partial charge in [0, 0.05) is 9.86 Å². The summed E-state index contributed by atoms with van der Waals surface area (Å²) >= 11 is 3.49. The van der Waals surface area contributed by atoms with E-state index in [1.54, 1.807) is 0 Å². The first-order valence-electron chi connectivity index (χ1n) is 4.55. The number of nitrogens with two attached hydrogens (primary N) is 1. The Morgan fingerprint density at radius 3 is 2.73 bits per heavy atom. The first-order valence-corrected chi connectivity index (χ1v) is 5.34. The number of hydrogen-bond donors (Lipinski definition) is 2. The normalized spacial score (nSPS) is 10.9. The molecule has 1 aromatic heterocycles. The first-order chi connectivity index (χ1) is 7.02. The smallest absolute Gasteiger partial charge is 0.149 e. The van der Waals surface area contributed by atoms with Gasteiger partial charge < -0.3 is 10.8 Å². The van der Waals surface area contributed by atoms with E-state index in [2.05, 4.69) is 20.9 Å². The third-order valence-corrected chi connectivity index (χ3v) is 3.73. The first kappa shape index (κ1) is 10.2. The van der Waals surface area contributed by atoms with Gasteiger partial charge in [-0.25, -0.2) is 0 Å². The fourth-order valence-electron chi connectivity index (χ4n) is 1.65. The number of aryl methyl sites for hydroxylation is 2. The summed E-state index contributed by atoms with van der Waals surface area (Å²) < 4.78 is 1.02. The van der Waals surface area contributed by atoms with E-state index in [0.29, 0.717) is 11.1 Å². The van der Waals surface area contributed by atoms with Crippen molar-refractivity contribution < 1.29 is 5.11 Å². The van der Waals surface area contributed by atoms with Crippen molar-refractivity contribution in [2.45, 2.75) is 13.8 Å². The molecule has 4 heteroatoms. The van der Waals surface area contributed by atoms with E-state index in [0.717, 1.165) is 21.1 Å². The molecule has 0 atom stereocenters. The quantitative estimate of drug-likeness (QED) is 0.771. The lowest BCUT2D eigenvalue weighted by atomic mass is 10.1. The zero-order valence-corrected chi connectivity index (χ0v) is 10.1. The van der Waals surface area contributed by atoms with Gasteiger partial charge in [-0.15, -0.1) is 0 Å². The summed E-state index contributed by atoms with van der Waals surface area (Å²) in [6, 6.07) is 1.88. The monoisotopic (exact) mass is 266 g/mol. The van der Waals surface area contributed by atoms with Crippen LogP contribution in [0.25, 0.3) is 10.9 Å². The molecule has 0 saturated heterocycles. The number of benzene rings is 1. The molecular weight excluding hydrogens is 256 g/mol. The number of nitrogens with zero attached hydrogens (tertiary/aromatic N) is 1. The summed E-state index contributed by atoms with van der Waals surface area (Å²) in [6.07, 6.45) is 1.48. The molecule has 0 fully saturated rings. The number of hydrogen-bond acceptors (Lipinski definition) is 3. The Morgan fingerprint density at radius 1 is 1.40 bits per heavy atom. The van der Waals surface area contributed by atoms with E-state index in [1.165, 1.54) is 6.20 Å². The maximum atomic E-state index is 9.82. The summed E-state index contributed by atoms with van der Waals surface area (Å²) in [4.78, 5) is 4.23. The van der Waals surface area contributed by atoms with Gasteiger partial charge in [-0.1, -0.05) is 15.9 Å². The van der Waals surface area contributed by atoms with Crippen molar-refractivity contribution in [2.24, 2.45) is 0 Å². The second-order valence-corrected chi connectivity index (χ2v) is 4.38. The maximum Gasteiger partial charge on any atom is 0.149 e. The minimum Gasteiger partial charge on any atom is -0.505 e. The van der Waals surface area contributed by atoms with Crippen LogP contribution in [-0.2, 0) is 0 Å². The second-order valence-electron chi connectivity index (χ2n) is 3.59. The molecule has 2 aromatic rings.